The highest BCUT2D eigenvalue weighted by atomic mass is 31.3. The van der Waals surface area contributed by atoms with Crippen LogP contribution in [0.5, 0.6) is 0 Å². The van der Waals surface area contributed by atoms with Crippen molar-refractivity contribution in [2.75, 3.05) is 31.6 Å². The molecule has 0 bridgehead atoms. The first-order valence-electron chi connectivity index (χ1n) is 15.2. The second kappa shape index (κ2) is 17.8. The zero-order valence-electron chi connectivity index (χ0n) is 27.2. The van der Waals surface area contributed by atoms with Crippen LogP contribution < -0.4 is 57.9 Å². The summed E-state index contributed by atoms with van der Waals surface area (Å²) < 4.78 is 52.5. The van der Waals surface area contributed by atoms with E-state index < -0.39 is 65.7 Å². The van der Waals surface area contributed by atoms with Crippen molar-refractivity contribution >= 4 is 58.4 Å². The van der Waals surface area contributed by atoms with Crippen LogP contribution >= 0.6 is 23.5 Å². The van der Waals surface area contributed by atoms with Crippen molar-refractivity contribution < 1.29 is 66.0 Å². The van der Waals surface area contributed by atoms with E-state index in [9.17, 15) is 52.8 Å². The number of imidazole rings is 1. The van der Waals surface area contributed by atoms with Crippen LogP contribution in [-0.4, -0.2) is 84.5 Å². The summed E-state index contributed by atoms with van der Waals surface area (Å²) in [7, 11) is -18.3. The molecule has 9 N–H and O–H groups in total. The summed E-state index contributed by atoms with van der Waals surface area (Å²) in [6, 6.07) is 0. The SMILES string of the molecule is NC(N)=[NH+]CCCCn1cnc2c(NCCNC(=O)/C=C/c3cn([C@H]4CC(O)[C@@H](COP(=O)([O-])OP(=O)([O-])OP(=O)([O-])[O-])O4)c(=O)[nH]c3=O)ncnc21. The predicted octanol–water partition coefficient (Wildman–Crippen LogP) is -6.48. The van der Waals surface area contributed by atoms with Crippen LogP contribution in [0.15, 0.2) is 34.5 Å². The Bertz CT molecular complexity index is 2090. The van der Waals surface area contributed by atoms with Gasteiger partial charge in [0.05, 0.1) is 39.0 Å². The van der Waals surface area contributed by atoms with Gasteiger partial charge in [-0.05, 0) is 18.9 Å². The van der Waals surface area contributed by atoms with Gasteiger partial charge in [0.25, 0.3) is 21.2 Å². The van der Waals surface area contributed by atoms with Crippen molar-refractivity contribution in [2.24, 2.45) is 11.5 Å². The summed E-state index contributed by atoms with van der Waals surface area (Å²) >= 11 is 0. The number of nitrogens with one attached hydrogen (secondary N) is 4. The van der Waals surface area contributed by atoms with Gasteiger partial charge in [-0.3, -0.25) is 49.0 Å². The lowest BCUT2D eigenvalue weighted by atomic mass is 10.2. The Kier molecular flexibility index (Phi) is 14.0. The van der Waals surface area contributed by atoms with E-state index in [4.69, 9.17) is 16.2 Å². The molecule has 3 aromatic heterocycles. The van der Waals surface area contributed by atoms with Gasteiger partial charge in [0.2, 0.25) is 5.91 Å². The Morgan fingerprint density at radius 3 is 2.58 bits per heavy atom. The second-order valence-corrected chi connectivity index (χ2v) is 15.2. The van der Waals surface area contributed by atoms with Crippen LogP contribution in [0.4, 0.5) is 5.82 Å². The highest BCUT2D eigenvalue weighted by Crippen LogP contribution is 2.60. The molecule has 0 radical (unpaired) electrons. The van der Waals surface area contributed by atoms with E-state index in [1.54, 1.807) is 6.33 Å². The van der Waals surface area contributed by atoms with Gasteiger partial charge in [-0.25, -0.2) is 24.1 Å². The third-order valence-corrected chi connectivity index (χ3v) is 10.7. The summed E-state index contributed by atoms with van der Waals surface area (Å²) in [6.07, 6.45) is 3.04. The standard InChI is InChI=1S/C24H36N11O15P3/c25-23(26)29-5-1-2-8-34-13-32-19-20(30-12-31-21(19)34)28-7-6-27-17(37)4-3-14-10-35(24(39)33-22(14)38)18-9-15(36)16(48-18)11-47-52(43,44)50-53(45,46)49-51(40,41)42/h3-4,10,12-13,15-16,18,36H,1-2,5-9,11H2,(H,27,37)(H,43,44)(H,45,46)(H4,25,26,29)(H,28,30,31)(H,33,38,39)(H2,40,41,42)/p-3/b4-3+/t15?,16-,18-/m1/s1. The molecule has 5 atom stereocenters. The number of H-pyrrole nitrogens is 1. The first-order valence-corrected chi connectivity index (χ1v) is 19.6. The number of hydrogen-bond acceptors (Lipinski definition) is 19. The maximum atomic E-state index is 12.5. The molecular weight excluding hydrogens is 775 g/mol. The van der Waals surface area contributed by atoms with Gasteiger partial charge in [-0.1, -0.05) is 0 Å². The predicted molar refractivity (Wildman–Crippen MR) is 171 cm³/mol. The summed E-state index contributed by atoms with van der Waals surface area (Å²) in [5, 5.41) is 16.0. The number of unbranched alkanes of at least 4 members (excludes halogenated alkanes) is 1. The summed E-state index contributed by atoms with van der Waals surface area (Å²) in [4.78, 5) is 99.1. The Hall–Kier alpha value is -4.16. The highest BCUT2D eigenvalue weighted by Gasteiger charge is 2.37. The molecule has 0 spiro atoms. The van der Waals surface area contributed by atoms with Gasteiger partial charge >= 0.3 is 11.6 Å². The minimum atomic E-state index is -6.21. The Morgan fingerprint density at radius 1 is 1.11 bits per heavy atom. The van der Waals surface area contributed by atoms with Crippen molar-refractivity contribution in [3.63, 3.8) is 0 Å². The average molecular weight is 809 g/mol. The van der Waals surface area contributed by atoms with E-state index in [-0.39, 0.29) is 31.0 Å². The minimum absolute atomic E-state index is 0.121. The number of aromatic amines is 1. The van der Waals surface area contributed by atoms with Crippen molar-refractivity contribution in [1.29, 1.82) is 0 Å². The van der Waals surface area contributed by atoms with E-state index in [0.29, 0.717) is 30.1 Å². The summed E-state index contributed by atoms with van der Waals surface area (Å²) in [5.74, 6) is -0.0120. The molecule has 26 nitrogen and oxygen atoms in total. The number of phosphoric acid groups is 3. The van der Waals surface area contributed by atoms with Crippen molar-refractivity contribution in [3.05, 3.63) is 51.3 Å². The molecule has 4 heterocycles. The third-order valence-electron chi connectivity index (χ3n) is 6.99. The van der Waals surface area contributed by atoms with Crippen molar-refractivity contribution in [1.82, 2.24) is 34.4 Å². The zero-order chi connectivity index (χ0) is 39.0. The van der Waals surface area contributed by atoms with E-state index in [1.807, 2.05) is 9.55 Å². The fourth-order valence-corrected chi connectivity index (χ4v) is 7.59. The molecule has 0 aromatic carbocycles. The molecule has 4 rings (SSSR count). The monoisotopic (exact) mass is 808 g/mol. The molecular formula is C24H33N11O15P3-3. The number of aliphatic hydroxyl groups excluding tert-OH is 1. The van der Waals surface area contributed by atoms with Crippen LogP contribution in [0.25, 0.3) is 17.2 Å². The summed E-state index contributed by atoms with van der Waals surface area (Å²) in [5.41, 5.74) is 9.83. The lowest BCUT2D eigenvalue weighted by Gasteiger charge is -2.37. The fraction of sp³-hybridized carbons (Fsp3) is 0.458. The third kappa shape index (κ3) is 12.7. The number of carbonyl (C=O) groups excluding carboxylic acids is 1. The number of ether oxygens (including phenoxy) is 1. The Morgan fingerprint density at radius 2 is 1.87 bits per heavy atom. The summed E-state index contributed by atoms with van der Waals surface area (Å²) in [6.45, 7) is 0.527. The Balaban J connectivity index is 1.28. The number of aliphatic hydroxyl groups is 1. The number of amides is 1. The molecule has 0 aliphatic carbocycles. The van der Waals surface area contributed by atoms with Crippen molar-refractivity contribution in [3.8, 4) is 0 Å². The first kappa shape index (κ1) is 41.6. The largest absolute Gasteiger partial charge is 0.790 e. The molecule has 1 fully saturated rings. The van der Waals surface area contributed by atoms with Crippen LogP contribution in [-0.2, 0) is 42.9 Å². The molecule has 3 unspecified atom stereocenters. The topological polar surface area (TPSA) is 406 Å². The molecule has 3 aromatic rings. The number of hydrogen-bond donors (Lipinski definition) is 7. The number of nitrogens with zero attached hydrogens (tertiary/aromatic N) is 5. The molecule has 1 saturated heterocycles. The number of anilines is 1. The molecule has 1 aliphatic heterocycles. The molecule has 1 amide bonds. The first-order chi connectivity index (χ1) is 24.8. The number of aryl methyl sites for hydroxylation is 1. The van der Waals surface area contributed by atoms with E-state index in [0.717, 1.165) is 35.8 Å². The fourth-order valence-electron chi connectivity index (χ4n) is 4.72. The normalized spacial score (nSPS) is 19.9. The van der Waals surface area contributed by atoms with Gasteiger partial charge in [-0.15, -0.1) is 0 Å². The van der Waals surface area contributed by atoms with Gasteiger partial charge in [0, 0.05) is 38.3 Å². The van der Waals surface area contributed by atoms with Gasteiger partial charge in [0.15, 0.2) is 11.5 Å². The average Bonchev–Trinajstić information content (AvgIpc) is 3.63. The van der Waals surface area contributed by atoms with E-state index in [2.05, 4.69) is 43.7 Å². The molecule has 1 aliphatic rings. The number of rotatable bonds is 19. The zero-order valence-corrected chi connectivity index (χ0v) is 29.9. The van der Waals surface area contributed by atoms with Gasteiger partial charge in [-0.2, -0.15) is 0 Å². The number of phosphoric ester groups is 1. The highest BCUT2D eigenvalue weighted by molar-refractivity contribution is 7.64. The maximum absolute atomic E-state index is 12.5. The number of nitrogens with two attached hydrogens (primary N) is 2. The number of aromatic nitrogens is 6. The van der Waals surface area contributed by atoms with E-state index >= 15 is 0 Å². The van der Waals surface area contributed by atoms with Gasteiger partial charge in [0.1, 0.15) is 24.2 Å². The quantitative estimate of drug-likeness (QED) is 0.0195. The lowest BCUT2D eigenvalue weighted by Crippen LogP contribution is -2.78. The lowest BCUT2D eigenvalue weighted by molar-refractivity contribution is -0.459. The van der Waals surface area contributed by atoms with Crippen LogP contribution in [0, 0.1) is 0 Å². The van der Waals surface area contributed by atoms with Crippen LogP contribution in [0.1, 0.15) is 31.1 Å². The van der Waals surface area contributed by atoms with Gasteiger partial charge < -0.3 is 53.7 Å². The van der Waals surface area contributed by atoms with Crippen molar-refractivity contribution in [2.45, 2.75) is 44.2 Å². The maximum Gasteiger partial charge on any atom is 0.338 e. The van der Waals surface area contributed by atoms with Crippen LogP contribution in [0.2, 0.25) is 0 Å². The van der Waals surface area contributed by atoms with Crippen LogP contribution in [0.3, 0.4) is 0 Å². The number of carbonyl (C=O) groups is 1. The molecule has 292 valence electrons. The number of guanidine groups is 1. The van der Waals surface area contributed by atoms with E-state index in [1.165, 1.54) is 6.33 Å². The smallest absolute Gasteiger partial charge is 0.338 e. The molecule has 53 heavy (non-hydrogen) atoms. The molecule has 0 saturated carbocycles. The Labute approximate surface area is 297 Å². The number of fused-ring (bicyclic) bond motifs is 1. The molecule has 29 heteroatoms. The minimum Gasteiger partial charge on any atom is -0.790 e. The second-order valence-electron chi connectivity index (χ2n) is 11.0.